The lowest BCUT2D eigenvalue weighted by Crippen LogP contribution is -2.35. The Hall–Kier alpha value is -1.34. The van der Waals surface area contributed by atoms with Gasteiger partial charge in [-0.2, -0.15) is 4.31 Å². The molecule has 94 valence electrons. The fourth-order valence-corrected chi connectivity index (χ4v) is 3.67. The van der Waals surface area contributed by atoms with Gasteiger partial charge in [0.15, 0.2) is 5.75 Å². The maximum atomic E-state index is 11.9. The van der Waals surface area contributed by atoms with Crippen LogP contribution in [0.3, 0.4) is 0 Å². The van der Waals surface area contributed by atoms with E-state index in [2.05, 4.69) is 4.98 Å². The van der Waals surface area contributed by atoms with E-state index >= 15 is 0 Å². The van der Waals surface area contributed by atoms with Crippen molar-refractivity contribution in [1.82, 2.24) is 9.29 Å². The largest absolute Gasteiger partial charge is 0.480 e. The summed E-state index contributed by atoms with van der Waals surface area (Å²) in [4.78, 5) is 13.5. The number of nitrogens with zero attached hydrogens (tertiary/aromatic N) is 1. The predicted molar refractivity (Wildman–Crippen MR) is 60.9 cm³/mol. The van der Waals surface area contributed by atoms with Crippen molar-refractivity contribution < 1.29 is 18.3 Å². The number of hydrogen-bond donors (Lipinski definition) is 2. The molecule has 1 saturated heterocycles. The van der Waals surface area contributed by atoms with Crippen molar-refractivity contribution in [2.45, 2.75) is 18.9 Å². The van der Waals surface area contributed by atoms with Gasteiger partial charge in [-0.3, -0.25) is 4.79 Å². The smallest absolute Gasteiger partial charge is 0.320 e. The molecule has 1 aliphatic rings. The van der Waals surface area contributed by atoms with Crippen LogP contribution in [0.2, 0.25) is 0 Å². The van der Waals surface area contributed by atoms with Gasteiger partial charge in [0.1, 0.15) is 0 Å². The summed E-state index contributed by atoms with van der Waals surface area (Å²) in [7, 11) is -3.72. The average molecular weight is 258 g/mol. The number of H-pyrrole nitrogens is 1. The SMILES string of the molecule is O=C(O)CS(=O)(=O)N1CCCC1c1ccc[nH]1. The van der Waals surface area contributed by atoms with Gasteiger partial charge in [-0.1, -0.05) is 0 Å². The number of hydrogen-bond acceptors (Lipinski definition) is 3. The summed E-state index contributed by atoms with van der Waals surface area (Å²) in [5.41, 5.74) is 0.816. The van der Waals surface area contributed by atoms with Crippen LogP contribution in [0.15, 0.2) is 18.3 Å². The van der Waals surface area contributed by atoms with Crippen molar-refractivity contribution in [3.63, 3.8) is 0 Å². The summed E-state index contributed by atoms with van der Waals surface area (Å²) in [6.45, 7) is 0.388. The minimum absolute atomic E-state index is 0.255. The Bertz CT molecular complexity index is 494. The van der Waals surface area contributed by atoms with E-state index in [9.17, 15) is 13.2 Å². The fraction of sp³-hybridized carbons (Fsp3) is 0.500. The minimum atomic E-state index is -3.72. The molecule has 0 aliphatic carbocycles. The molecule has 2 rings (SSSR count). The second-order valence-electron chi connectivity index (χ2n) is 4.04. The number of carbonyl (C=O) groups is 1. The van der Waals surface area contributed by atoms with E-state index in [4.69, 9.17) is 5.11 Å². The Balaban J connectivity index is 2.23. The highest BCUT2D eigenvalue weighted by molar-refractivity contribution is 7.89. The molecule has 17 heavy (non-hydrogen) atoms. The van der Waals surface area contributed by atoms with Crippen molar-refractivity contribution in [2.24, 2.45) is 0 Å². The molecule has 2 heterocycles. The molecule has 6 nitrogen and oxygen atoms in total. The average Bonchev–Trinajstić information content (AvgIpc) is 2.86. The molecule has 1 aromatic rings. The zero-order chi connectivity index (χ0) is 12.5. The zero-order valence-electron chi connectivity index (χ0n) is 9.17. The Labute approximate surface area is 99.3 Å². The molecule has 1 atom stereocenters. The summed E-state index contributed by atoms with van der Waals surface area (Å²) >= 11 is 0. The Kier molecular flexibility index (Phi) is 3.21. The van der Waals surface area contributed by atoms with Gasteiger partial charge in [-0.05, 0) is 25.0 Å². The monoisotopic (exact) mass is 258 g/mol. The number of carboxylic acid groups (broad SMARTS) is 1. The van der Waals surface area contributed by atoms with E-state index in [0.717, 1.165) is 18.5 Å². The number of aliphatic carboxylic acids is 1. The van der Waals surface area contributed by atoms with Gasteiger partial charge in [0, 0.05) is 18.4 Å². The van der Waals surface area contributed by atoms with Crippen molar-refractivity contribution >= 4 is 16.0 Å². The number of rotatable bonds is 4. The molecular formula is C10H14N2O4S. The Morgan fingerprint density at radius 1 is 1.59 bits per heavy atom. The van der Waals surface area contributed by atoms with Crippen molar-refractivity contribution in [3.8, 4) is 0 Å². The molecule has 1 aromatic heterocycles. The molecule has 0 radical (unpaired) electrons. The summed E-state index contributed by atoms with van der Waals surface area (Å²) in [6.07, 6.45) is 3.21. The van der Waals surface area contributed by atoms with E-state index in [1.54, 1.807) is 12.3 Å². The summed E-state index contributed by atoms with van der Waals surface area (Å²) < 4.78 is 25.0. The number of nitrogens with one attached hydrogen (secondary N) is 1. The molecule has 1 unspecified atom stereocenters. The second-order valence-corrected chi connectivity index (χ2v) is 5.97. The van der Waals surface area contributed by atoms with E-state index in [1.165, 1.54) is 4.31 Å². The maximum absolute atomic E-state index is 11.9. The third-order valence-electron chi connectivity index (χ3n) is 2.85. The highest BCUT2D eigenvalue weighted by Crippen LogP contribution is 2.33. The fourth-order valence-electron chi connectivity index (χ4n) is 2.17. The van der Waals surface area contributed by atoms with Crippen LogP contribution in [0.25, 0.3) is 0 Å². The van der Waals surface area contributed by atoms with Crippen molar-refractivity contribution in [3.05, 3.63) is 24.0 Å². The van der Waals surface area contributed by atoms with E-state index in [1.807, 2.05) is 6.07 Å². The number of aromatic amines is 1. The Morgan fingerprint density at radius 2 is 2.35 bits per heavy atom. The third-order valence-corrected chi connectivity index (χ3v) is 4.61. The van der Waals surface area contributed by atoms with Crippen LogP contribution in [0.1, 0.15) is 24.6 Å². The molecule has 2 N–H and O–H groups in total. The highest BCUT2D eigenvalue weighted by atomic mass is 32.2. The summed E-state index contributed by atoms with van der Waals surface area (Å²) in [6, 6.07) is 3.36. The predicted octanol–water partition coefficient (Wildman–Crippen LogP) is 0.566. The van der Waals surface area contributed by atoms with E-state index in [0.29, 0.717) is 6.54 Å². The third kappa shape index (κ3) is 2.50. The topological polar surface area (TPSA) is 90.5 Å². The Morgan fingerprint density at radius 3 is 2.94 bits per heavy atom. The van der Waals surface area contributed by atoms with Crippen LogP contribution in [-0.2, 0) is 14.8 Å². The number of aromatic nitrogens is 1. The second kappa shape index (κ2) is 4.50. The maximum Gasteiger partial charge on any atom is 0.320 e. The van der Waals surface area contributed by atoms with Crippen LogP contribution in [0.5, 0.6) is 0 Å². The molecule has 7 heteroatoms. The van der Waals surface area contributed by atoms with Gasteiger partial charge in [-0.25, -0.2) is 8.42 Å². The van der Waals surface area contributed by atoms with Crippen LogP contribution >= 0.6 is 0 Å². The summed E-state index contributed by atoms with van der Waals surface area (Å²) in [5, 5.41) is 8.61. The molecule has 1 fully saturated rings. The molecular weight excluding hydrogens is 244 g/mol. The molecule has 0 bridgehead atoms. The lowest BCUT2D eigenvalue weighted by atomic mass is 10.2. The molecule has 0 spiro atoms. The lowest BCUT2D eigenvalue weighted by Gasteiger charge is -2.22. The van der Waals surface area contributed by atoms with Crippen LogP contribution in [-0.4, -0.2) is 41.1 Å². The van der Waals surface area contributed by atoms with Crippen LogP contribution in [0, 0.1) is 0 Å². The first kappa shape index (κ1) is 12.1. The van der Waals surface area contributed by atoms with Gasteiger partial charge < -0.3 is 10.1 Å². The van der Waals surface area contributed by atoms with Crippen molar-refractivity contribution in [1.29, 1.82) is 0 Å². The number of sulfonamides is 1. The zero-order valence-corrected chi connectivity index (χ0v) is 9.98. The van der Waals surface area contributed by atoms with Gasteiger partial charge in [-0.15, -0.1) is 0 Å². The van der Waals surface area contributed by atoms with Gasteiger partial charge in [0.2, 0.25) is 10.0 Å². The molecule has 0 amide bonds. The van der Waals surface area contributed by atoms with Crippen molar-refractivity contribution in [2.75, 3.05) is 12.3 Å². The molecule has 1 aliphatic heterocycles. The van der Waals surface area contributed by atoms with Crippen LogP contribution in [0.4, 0.5) is 0 Å². The van der Waals surface area contributed by atoms with Gasteiger partial charge in [0.05, 0.1) is 6.04 Å². The van der Waals surface area contributed by atoms with Gasteiger partial charge >= 0.3 is 5.97 Å². The highest BCUT2D eigenvalue weighted by Gasteiger charge is 2.36. The van der Waals surface area contributed by atoms with Gasteiger partial charge in [0.25, 0.3) is 0 Å². The molecule has 0 aromatic carbocycles. The summed E-state index contributed by atoms with van der Waals surface area (Å²) in [5.74, 6) is -2.16. The van der Waals surface area contributed by atoms with E-state index < -0.39 is 21.7 Å². The normalized spacial score (nSPS) is 21.8. The quantitative estimate of drug-likeness (QED) is 0.826. The standard InChI is InChI=1S/C10H14N2O4S/c13-10(14)7-17(15,16)12-6-2-4-9(12)8-3-1-5-11-8/h1,3,5,9,11H,2,4,6-7H2,(H,13,14). The lowest BCUT2D eigenvalue weighted by molar-refractivity contribution is -0.134. The minimum Gasteiger partial charge on any atom is -0.480 e. The first-order chi connectivity index (χ1) is 8.00. The number of carboxylic acids is 1. The first-order valence-corrected chi connectivity index (χ1v) is 6.96. The molecule has 0 saturated carbocycles. The van der Waals surface area contributed by atoms with Crippen LogP contribution < -0.4 is 0 Å². The first-order valence-electron chi connectivity index (χ1n) is 5.35. The van der Waals surface area contributed by atoms with E-state index in [-0.39, 0.29) is 6.04 Å².